The Kier molecular flexibility index (Phi) is 6.67. The van der Waals surface area contributed by atoms with Gasteiger partial charge in [0, 0.05) is 24.3 Å². The molecule has 2 aromatic rings. The molecule has 6 nitrogen and oxygen atoms in total. The molecule has 0 atom stereocenters. The largest absolute Gasteiger partial charge is 0.493 e. The van der Waals surface area contributed by atoms with E-state index < -0.39 is 0 Å². The Morgan fingerprint density at radius 1 is 1.29 bits per heavy atom. The Labute approximate surface area is 169 Å². The Hall–Kier alpha value is -2.41. The van der Waals surface area contributed by atoms with Crippen molar-refractivity contribution in [1.82, 2.24) is 9.88 Å². The minimum Gasteiger partial charge on any atom is -0.493 e. The van der Waals surface area contributed by atoms with E-state index in [1.165, 1.54) is 16.9 Å². The second-order valence-corrected chi connectivity index (χ2v) is 8.60. The van der Waals surface area contributed by atoms with E-state index >= 15 is 0 Å². The lowest BCUT2D eigenvalue weighted by molar-refractivity contribution is -0.132. The number of thiazole rings is 1. The molecule has 7 heteroatoms. The van der Waals surface area contributed by atoms with Gasteiger partial charge in [-0.2, -0.15) is 0 Å². The maximum absolute atomic E-state index is 12.3. The highest BCUT2D eigenvalue weighted by atomic mass is 32.1. The molecule has 0 spiro atoms. The number of fused-ring (bicyclic) bond motifs is 1. The molecule has 28 heavy (non-hydrogen) atoms. The number of anilines is 1. The summed E-state index contributed by atoms with van der Waals surface area (Å²) < 4.78 is 5.60. The summed E-state index contributed by atoms with van der Waals surface area (Å²) in [6, 6.07) is 7.75. The summed E-state index contributed by atoms with van der Waals surface area (Å²) in [5, 5.41) is 3.46. The summed E-state index contributed by atoms with van der Waals surface area (Å²) in [5.41, 5.74) is 2.16. The van der Waals surface area contributed by atoms with E-state index in [4.69, 9.17) is 4.74 Å². The second-order valence-electron chi connectivity index (χ2n) is 7.51. The van der Waals surface area contributed by atoms with Crippen molar-refractivity contribution in [2.75, 3.05) is 18.5 Å². The first kappa shape index (κ1) is 20.3. The number of carbonyl (C=O) groups excluding carboxylic acids is 2. The van der Waals surface area contributed by atoms with Crippen LogP contribution in [0, 0.1) is 12.8 Å². The molecule has 150 valence electrons. The third kappa shape index (κ3) is 5.55. The molecule has 0 bridgehead atoms. The Balaban J connectivity index is 1.48. The molecule has 3 rings (SSSR count). The van der Waals surface area contributed by atoms with Gasteiger partial charge in [0.2, 0.25) is 11.8 Å². The number of amides is 2. The predicted octanol–water partition coefficient (Wildman–Crippen LogP) is 3.79. The fourth-order valence-corrected chi connectivity index (χ4v) is 4.06. The number of carbonyl (C=O) groups is 2. The minimum absolute atomic E-state index is 0.119. The zero-order chi connectivity index (χ0) is 20.1. The molecule has 0 unspecified atom stereocenters. The van der Waals surface area contributed by atoms with Gasteiger partial charge in [-0.15, -0.1) is 0 Å². The van der Waals surface area contributed by atoms with E-state index in [1.54, 1.807) is 0 Å². The fraction of sp³-hybridized carbons (Fsp3) is 0.476. The van der Waals surface area contributed by atoms with Crippen molar-refractivity contribution in [2.45, 2.75) is 46.6 Å². The molecular formula is C21H27N3O3S. The monoisotopic (exact) mass is 401 g/mol. The zero-order valence-corrected chi connectivity index (χ0v) is 17.5. The SMILES string of the molecule is Cc1ccc(OCCC(=O)Nc2nc3c(s2)CN(C(=O)CC(C)C)CC3)cc1. The summed E-state index contributed by atoms with van der Waals surface area (Å²) in [6.07, 6.45) is 1.57. The normalized spacial score (nSPS) is 13.4. The number of hydrogen-bond acceptors (Lipinski definition) is 5. The molecule has 1 aromatic carbocycles. The van der Waals surface area contributed by atoms with Crippen LogP contribution in [-0.4, -0.2) is 34.8 Å². The highest BCUT2D eigenvalue weighted by molar-refractivity contribution is 7.15. The van der Waals surface area contributed by atoms with Crippen LogP contribution < -0.4 is 10.1 Å². The van der Waals surface area contributed by atoms with E-state index in [1.807, 2.05) is 36.1 Å². The van der Waals surface area contributed by atoms with Crippen LogP contribution in [-0.2, 0) is 22.6 Å². The Bertz CT molecular complexity index is 830. The lowest BCUT2D eigenvalue weighted by atomic mass is 10.1. The standard InChI is InChI=1S/C21H27N3O3S/c1-14(2)12-20(26)24-10-8-17-18(13-24)28-21(22-17)23-19(25)9-11-27-16-6-4-15(3)5-7-16/h4-7,14H,8-13H2,1-3H3,(H,22,23,25). The lowest BCUT2D eigenvalue weighted by Gasteiger charge is -2.26. The Morgan fingerprint density at radius 2 is 2.04 bits per heavy atom. The second kappa shape index (κ2) is 9.19. The number of nitrogens with one attached hydrogen (secondary N) is 1. The predicted molar refractivity (Wildman–Crippen MR) is 111 cm³/mol. The van der Waals surface area contributed by atoms with Crippen molar-refractivity contribution in [1.29, 1.82) is 0 Å². The van der Waals surface area contributed by atoms with Crippen LogP contribution in [0.4, 0.5) is 5.13 Å². The number of nitrogens with zero attached hydrogens (tertiary/aromatic N) is 2. The van der Waals surface area contributed by atoms with Gasteiger partial charge in [0.1, 0.15) is 5.75 Å². The molecule has 1 aromatic heterocycles. The van der Waals surface area contributed by atoms with E-state index in [2.05, 4.69) is 24.1 Å². The number of ether oxygens (including phenoxy) is 1. The van der Waals surface area contributed by atoms with Crippen molar-refractivity contribution in [3.63, 3.8) is 0 Å². The summed E-state index contributed by atoms with van der Waals surface area (Å²) in [7, 11) is 0. The topological polar surface area (TPSA) is 71.5 Å². The van der Waals surface area contributed by atoms with Crippen LogP contribution in [0.2, 0.25) is 0 Å². The fourth-order valence-electron chi connectivity index (χ4n) is 3.02. The average molecular weight is 402 g/mol. The van der Waals surface area contributed by atoms with Gasteiger partial charge >= 0.3 is 0 Å². The summed E-state index contributed by atoms with van der Waals surface area (Å²) in [5.74, 6) is 1.18. The summed E-state index contributed by atoms with van der Waals surface area (Å²) in [6.45, 7) is 7.72. The highest BCUT2D eigenvalue weighted by Crippen LogP contribution is 2.29. The molecule has 1 aliphatic heterocycles. The number of benzene rings is 1. The zero-order valence-electron chi connectivity index (χ0n) is 16.7. The molecule has 1 aliphatic rings. The quantitative estimate of drug-likeness (QED) is 0.766. The summed E-state index contributed by atoms with van der Waals surface area (Å²) in [4.78, 5) is 31.9. The van der Waals surface area contributed by atoms with Crippen molar-refractivity contribution in [3.8, 4) is 5.75 Å². The van der Waals surface area contributed by atoms with Crippen molar-refractivity contribution < 1.29 is 14.3 Å². The van der Waals surface area contributed by atoms with Crippen molar-refractivity contribution >= 4 is 28.3 Å². The van der Waals surface area contributed by atoms with Crippen LogP contribution >= 0.6 is 11.3 Å². The van der Waals surface area contributed by atoms with Crippen LogP contribution in [0.1, 0.15) is 42.8 Å². The molecule has 0 aliphatic carbocycles. The van der Waals surface area contributed by atoms with Gasteiger partial charge < -0.3 is 15.0 Å². The molecule has 2 heterocycles. The molecule has 0 saturated carbocycles. The third-order valence-electron chi connectivity index (χ3n) is 4.53. The van der Waals surface area contributed by atoms with Gasteiger partial charge in [0.05, 0.1) is 25.3 Å². The molecule has 1 N–H and O–H groups in total. The van der Waals surface area contributed by atoms with E-state index in [-0.39, 0.29) is 18.2 Å². The first-order valence-electron chi connectivity index (χ1n) is 9.66. The van der Waals surface area contributed by atoms with Gasteiger partial charge in [-0.05, 0) is 25.0 Å². The smallest absolute Gasteiger partial charge is 0.229 e. The van der Waals surface area contributed by atoms with Crippen molar-refractivity contribution in [3.05, 3.63) is 40.4 Å². The number of rotatable bonds is 7. The molecule has 0 fully saturated rings. The van der Waals surface area contributed by atoms with Crippen LogP contribution in [0.25, 0.3) is 0 Å². The number of aryl methyl sites for hydroxylation is 1. The maximum Gasteiger partial charge on any atom is 0.229 e. The first-order chi connectivity index (χ1) is 13.4. The van der Waals surface area contributed by atoms with Gasteiger partial charge in [0.15, 0.2) is 5.13 Å². The van der Waals surface area contributed by atoms with Crippen molar-refractivity contribution in [2.24, 2.45) is 5.92 Å². The molecule has 0 radical (unpaired) electrons. The summed E-state index contributed by atoms with van der Waals surface area (Å²) >= 11 is 1.46. The van der Waals surface area contributed by atoms with Gasteiger partial charge in [-0.1, -0.05) is 42.9 Å². The first-order valence-corrected chi connectivity index (χ1v) is 10.5. The average Bonchev–Trinajstić information content (AvgIpc) is 3.04. The minimum atomic E-state index is -0.119. The lowest BCUT2D eigenvalue weighted by Crippen LogP contribution is -2.36. The van der Waals surface area contributed by atoms with E-state index in [0.29, 0.717) is 37.2 Å². The molecular weight excluding hydrogens is 374 g/mol. The van der Waals surface area contributed by atoms with E-state index in [9.17, 15) is 9.59 Å². The molecule has 0 saturated heterocycles. The van der Waals surface area contributed by atoms with Crippen LogP contribution in [0.5, 0.6) is 5.75 Å². The Morgan fingerprint density at radius 3 is 2.75 bits per heavy atom. The van der Waals surface area contributed by atoms with Gasteiger partial charge in [-0.25, -0.2) is 4.98 Å². The molecule has 2 amide bonds. The third-order valence-corrected chi connectivity index (χ3v) is 5.53. The van der Waals surface area contributed by atoms with Crippen LogP contribution in [0.3, 0.4) is 0 Å². The van der Waals surface area contributed by atoms with E-state index in [0.717, 1.165) is 22.7 Å². The maximum atomic E-state index is 12.3. The highest BCUT2D eigenvalue weighted by Gasteiger charge is 2.24. The number of hydrogen-bond donors (Lipinski definition) is 1. The van der Waals surface area contributed by atoms with Gasteiger partial charge in [-0.3, -0.25) is 9.59 Å². The number of aromatic nitrogens is 1. The van der Waals surface area contributed by atoms with Gasteiger partial charge in [0.25, 0.3) is 0 Å². The van der Waals surface area contributed by atoms with Crippen LogP contribution in [0.15, 0.2) is 24.3 Å².